The van der Waals surface area contributed by atoms with Crippen LogP contribution >= 0.6 is 0 Å². The number of aromatic amines is 1. The minimum atomic E-state index is -0.541. The van der Waals surface area contributed by atoms with E-state index in [4.69, 9.17) is 4.74 Å². The average Bonchev–Trinajstić information content (AvgIpc) is 3.20. The molecule has 0 saturated carbocycles. The molecule has 0 unspecified atom stereocenters. The normalized spacial score (nSPS) is 10.2. The lowest BCUT2D eigenvalue weighted by Gasteiger charge is -2.07. The molecule has 0 spiro atoms. The number of nitrogens with zero attached hydrogens (tertiary/aromatic N) is 1. The van der Waals surface area contributed by atoms with Gasteiger partial charge in [0.15, 0.2) is 6.61 Å². The minimum absolute atomic E-state index is 0.314. The summed E-state index contributed by atoms with van der Waals surface area (Å²) in [6.07, 6.45) is 3.39. The Labute approximate surface area is 144 Å². The van der Waals surface area contributed by atoms with Crippen molar-refractivity contribution >= 4 is 11.9 Å². The number of imidazole rings is 1. The maximum atomic E-state index is 12.0. The largest absolute Gasteiger partial charge is 0.452 e. The van der Waals surface area contributed by atoms with Crippen molar-refractivity contribution in [2.24, 2.45) is 0 Å². The zero-order valence-corrected chi connectivity index (χ0v) is 13.4. The van der Waals surface area contributed by atoms with Crippen molar-refractivity contribution in [1.29, 1.82) is 0 Å². The van der Waals surface area contributed by atoms with Crippen LogP contribution in [0.25, 0.3) is 11.4 Å². The molecule has 0 bridgehead atoms. The van der Waals surface area contributed by atoms with Crippen LogP contribution in [0.4, 0.5) is 0 Å². The molecule has 1 amide bonds. The molecule has 0 fully saturated rings. The van der Waals surface area contributed by atoms with Gasteiger partial charge in [-0.2, -0.15) is 0 Å². The molecular weight excluding hydrogens is 318 g/mol. The Morgan fingerprint density at radius 3 is 2.48 bits per heavy atom. The summed E-state index contributed by atoms with van der Waals surface area (Å²) in [5.74, 6) is -0.162. The zero-order chi connectivity index (χ0) is 17.5. The lowest BCUT2D eigenvalue weighted by Crippen LogP contribution is -2.28. The highest BCUT2D eigenvalue weighted by atomic mass is 16.5. The summed E-state index contributed by atoms with van der Waals surface area (Å²) in [5.41, 5.74) is 2.23. The number of hydrogen-bond acceptors (Lipinski definition) is 4. The second-order valence-corrected chi connectivity index (χ2v) is 5.35. The third-order valence-corrected chi connectivity index (χ3v) is 3.56. The van der Waals surface area contributed by atoms with E-state index in [1.807, 2.05) is 30.3 Å². The predicted molar refractivity (Wildman–Crippen MR) is 92.6 cm³/mol. The van der Waals surface area contributed by atoms with Gasteiger partial charge in [-0.05, 0) is 17.7 Å². The number of rotatable bonds is 6. The molecule has 0 aliphatic rings. The van der Waals surface area contributed by atoms with Crippen LogP contribution < -0.4 is 5.32 Å². The molecule has 0 atom stereocenters. The standard InChI is InChI=1S/C19H17N3O3/c23-17(22-12-14-4-2-1-3-5-14)13-25-19(24)16-8-6-15(7-9-16)18-20-10-11-21-18/h1-11H,12-13H2,(H,20,21)(H,22,23). The van der Waals surface area contributed by atoms with E-state index in [0.29, 0.717) is 12.1 Å². The molecule has 6 nitrogen and oxygen atoms in total. The van der Waals surface area contributed by atoms with Crippen molar-refractivity contribution in [1.82, 2.24) is 15.3 Å². The highest BCUT2D eigenvalue weighted by Gasteiger charge is 2.10. The number of H-pyrrole nitrogens is 1. The van der Waals surface area contributed by atoms with E-state index in [1.165, 1.54) is 0 Å². The molecule has 0 aliphatic carbocycles. The molecular formula is C19H17N3O3. The summed E-state index contributed by atoms with van der Waals surface area (Å²) in [7, 11) is 0. The van der Waals surface area contributed by atoms with Crippen LogP contribution in [0.3, 0.4) is 0 Å². The number of nitrogens with one attached hydrogen (secondary N) is 2. The van der Waals surface area contributed by atoms with Gasteiger partial charge >= 0.3 is 5.97 Å². The minimum Gasteiger partial charge on any atom is -0.452 e. The van der Waals surface area contributed by atoms with Gasteiger partial charge in [-0.15, -0.1) is 0 Å². The number of aromatic nitrogens is 2. The Balaban J connectivity index is 1.48. The van der Waals surface area contributed by atoms with Gasteiger partial charge in [-0.1, -0.05) is 42.5 Å². The predicted octanol–water partition coefficient (Wildman–Crippen LogP) is 2.55. The Morgan fingerprint density at radius 1 is 1.04 bits per heavy atom. The highest BCUT2D eigenvalue weighted by Crippen LogP contribution is 2.15. The van der Waals surface area contributed by atoms with Crippen LogP contribution in [-0.2, 0) is 16.1 Å². The fourth-order valence-corrected chi connectivity index (χ4v) is 2.25. The van der Waals surface area contributed by atoms with Crippen LogP contribution in [0.1, 0.15) is 15.9 Å². The molecule has 3 aromatic rings. The van der Waals surface area contributed by atoms with Crippen molar-refractivity contribution in [3.05, 3.63) is 78.1 Å². The number of ether oxygens (including phenoxy) is 1. The Hall–Kier alpha value is -3.41. The van der Waals surface area contributed by atoms with Crippen LogP contribution in [0.2, 0.25) is 0 Å². The van der Waals surface area contributed by atoms with E-state index in [1.54, 1.807) is 36.7 Å². The second kappa shape index (κ2) is 7.92. The summed E-state index contributed by atoms with van der Waals surface area (Å²) in [4.78, 5) is 30.9. The van der Waals surface area contributed by atoms with E-state index in [0.717, 1.165) is 17.0 Å². The maximum absolute atomic E-state index is 12.0. The first-order valence-electron chi connectivity index (χ1n) is 7.80. The SMILES string of the molecule is O=C(COC(=O)c1ccc(-c2ncc[nH]2)cc1)NCc1ccccc1. The van der Waals surface area contributed by atoms with Crippen LogP contribution in [0, 0.1) is 0 Å². The van der Waals surface area contributed by atoms with Crippen molar-refractivity contribution in [3.8, 4) is 11.4 Å². The first kappa shape index (κ1) is 16.4. The van der Waals surface area contributed by atoms with Crippen LogP contribution in [-0.4, -0.2) is 28.5 Å². The molecule has 2 aromatic carbocycles. The molecule has 0 aliphatic heterocycles. The molecule has 0 radical (unpaired) electrons. The third kappa shape index (κ3) is 4.54. The topological polar surface area (TPSA) is 84.1 Å². The van der Waals surface area contributed by atoms with Crippen LogP contribution in [0.5, 0.6) is 0 Å². The first-order chi connectivity index (χ1) is 12.2. The van der Waals surface area contributed by atoms with Gasteiger partial charge < -0.3 is 15.0 Å². The first-order valence-corrected chi connectivity index (χ1v) is 7.80. The number of carbonyl (C=O) groups is 2. The number of esters is 1. The lowest BCUT2D eigenvalue weighted by molar-refractivity contribution is -0.124. The summed E-state index contributed by atoms with van der Waals surface area (Å²) in [6, 6.07) is 16.3. The zero-order valence-electron chi connectivity index (χ0n) is 13.4. The van der Waals surface area contributed by atoms with E-state index in [2.05, 4.69) is 15.3 Å². The number of amides is 1. The summed E-state index contributed by atoms with van der Waals surface area (Å²) in [5, 5.41) is 2.70. The molecule has 1 heterocycles. The average molecular weight is 335 g/mol. The van der Waals surface area contributed by atoms with Gasteiger partial charge in [-0.25, -0.2) is 9.78 Å². The molecule has 0 saturated heterocycles. The molecule has 1 aromatic heterocycles. The lowest BCUT2D eigenvalue weighted by atomic mass is 10.1. The van der Waals surface area contributed by atoms with Crippen LogP contribution in [0.15, 0.2) is 67.0 Å². The molecule has 126 valence electrons. The summed E-state index contributed by atoms with van der Waals surface area (Å²) in [6.45, 7) is 0.0840. The molecule has 2 N–H and O–H groups in total. The molecule has 25 heavy (non-hydrogen) atoms. The molecule has 6 heteroatoms. The van der Waals surface area contributed by atoms with Gasteiger partial charge in [0.2, 0.25) is 0 Å². The van der Waals surface area contributed by atoms with Gasteiger partial charge in [0, 0.05) is 24.5 Å². The van der Waals surface area contributed by atoms with Gasteiger partial charge in [0.25, 0.3) is 5.91 Å². The van der Waals surface area contributed by atoms with E-state index in [9.17, 15) is 9.59 Å². The monoisotopic (exact) mass is 335 g/mol. The second-order valence-electron chi connectivity index (χ2n) is 5.35. The van der Waals surface area contributed by atoms with Crippen molar-refractivity contribution < 1.29 is 14.3 Å². The van der Waals surface area contributed by atoms with Crippen molar-refractivity contribution in [3.63, 3.8) is 0 Å². The van der Waals surface area contributed by atoms with Gasteiger partial charge in [0.1, 0.15) is 5.82 Å². The van der Waals surface area contributed by atoms with Crippen molar-refractivity contribution in [2.45, 2.75) is 6.54 Å². The van der Waals surface area contributed by atoms with Crippen molar-refractivity contribution in [2.75, 3.05) is 6.61 Å². The Kier molecular flexibility index (Phi) is 5.21. The fraction of sp³-hybridized carbons (Fsp3) is 0.105. The highest BCUT2D eigenvalue weighted by molar-refractivity contribution is 5.91. The van der Waals surface area contributed by atoms with Gasteiger partial charge in [0.05, 0.1) is 5.56 Å². The smallest absolute Gasteiger partial charge is 0.338 e. The molecule has 3 rings (SSSR count). The summed E-state index contributed by atoms with van der Waals surface area (Å²) >= 11 is 0. The summed E-state index contributed by atoms with van der Waals surface area (Å²) < 4.78 is 5.03. The quantitative estimate of drug-likeness (QED) is 0.678. The number of benzene rings is 2. The fourth-order valence-electron chi connectivity index (χ4n) is 2.25. The Morgan fingerprint density at radius 2 is 1.80 bits per heavy atom. The Bertz CT molecular complexity index is 828. The number of hydrogen-bond donors (Lipinski definition) is 2. The van der Waals surface area contributed by atoms with E-state index in [-0.39, 0.29) is 12.5 Å². The maximum Gasteiger partial charge on any atom is 0.338 e. The van der Waals surface area contributed by atoms with Gasteiger partial charge in [-0.3, -0.25) is 4.79 Å². The van der Waals surface area contributed by atoms with E-state index < -0.39 is 5.97 Å². The third-order valence-electron chi connectivity index (χ3n) is 3.56. The van der Waals surface area contributed by atoms with E-state index >= 15 is 0 Å². The number of carbonyl (C=O) groups excluding carboxylic acids is 2.